The summed E-state index contributed by atoms with van der Waals surface area (Å²) in [6.45, 7) is 4.22. The molecule has 0 spiro atoms. The average molecular weight is 405 g/mol. The van der Waals surface area contributed by atoms with Gasteiger partial charge in [0.15, 0.2) is 0 Å². The van der Waals surface area contributed by atoms with E-state index in [1.165, 1.54) is 17.0 Å². The van der Waals surface area contributed by atoms with E-state index in [4.69, 9.17) is 0 Å². The van der Waals surface area contributed by atoms with Gasteiger partial charge in [0.25, 0.3) is 0 Å². The van der Waals surface area contributed by atoms with Gasteiger partial charge >= 0.3 is 0 Å². The summed E-state index contributed by atoms with van der Waals surface area (Å²) >= 11 is 3.50. The number of hydrogen-bond acceptors (Lipinski definition) is 2. The number of nitrogens with zero attached hydrogens (tertiary/aromatic N) is 1. The van der Waals surface area contributed by atoms with Gasteiger partial charge in [-0.2, -0.15) is 0 Å². The first-order valence-corrected chi connectivity index (χ1v) is 8.78. The Morgan fingerprint density at radius 1 is 1.20 bits per heavy atom. The van der Waals surface area contributed by atoms with E-state index in [9.17, 15) is 14.0 Å². The number of benzene rings is 2. The van der Waals surface area contributed by atoms with E-state index in [0.29, 0.717) is 12.2 Å². The molecule has 0 bridgehead atoms. The van der Waals surface area contributed by atoms with Crippen molar-refractivity contribution in [1.29, 1.82) is 0 Å². The molecule has 4 nitrogen and oxygen atoms in total. The maximum absolute atomic E-state index is 13.0. The fraction of sp³-hybridized carbons (Fsp3) is 0.263. The lowest BCUT2D eigenvalue weighted by Crippen LogP contribution is -2.28. The molecule has 1 fully saturated rings. The van der Waals surface area contributed by atoms with Gasteiger partial charge in [0.05, 0.1) is 5.92 Å². The third-order valence-electron chi connectivity index (χ3n) is 4.34. The molecule has 0 radical (unpaired) electrons. The van der Waals surface area contributed by atoms with Crippen molar-refractivity contribution in [2.45, 2.75) is 20.3 Å². The summed E-state index contributed by atoms with van der Waals surface area (Å²) < 4.78 is 14.1. The SMILES string of the molecule is Cc1cc(NC(=O)[C@@H]2CC(=O)N(c3ccc(F)cc3)C2)cc(C)c1Br. The highest BCUT2D eigenvalue weighted by Crippen LogP contribution is 2.28. The molecule has 1 aliphatic rings. The number of anilines is 2. The first-order chi connectivity index (χ1) is 11.8. The van der Waals surface area contributed by atoms with Gasteiger partial charge in [0.2, 0.25) is 11.8 Å². The van der Waals surface area contributed by atoms with E-state index in [2.05, 4.69) is 21.2 Å². The molecule has 2 amide bonds. The van der Waals surface area contributed by atoms with Crippen LogP contribution in [-0.2, 0) is 9.59 Å². The molecule has 0 aliphatic carbocycles. The van der Waals surface area contributed by atoms with Crippen molar-refractivity contribution in [2.24, 2.45) is 5.92 Å². The smallest absolute Gasteiger partial charge is 0.229 e. The Kier molecular flexibility index (Phi) is 4.90. The standard InChI is InChI=1S/C19H18BrFN2O2/c1-11-7-15(8-12(2)18(11)20)22-19(25)13-9-17(24)23(10-13)16-5-3-14(21)4-6-16/h3-8,13H,9-10H2,1-2H3,(H,22,25)/t13-/m1/s1. The Labute approximate surface area is 154 Å². The summed E-state index contributed by atoms with van der Waals surface area (Å²) in [6, 6.07) is 9.50. The number of amides is 2. The minimum absolute atomic E-state index is 0.130. The lowest BCUT2D eigenvalue weighted by molar-refractivity contribution is -0.122. The second kappa shape index (κ2) is 6.96. The second-order valence-corrected chi connectivity index (χ2v) is 7.09. The van der Waals surface area contributed by atoms with Crippen LogP contribution in [0.15, 0.2) is 40.9 Å². The largest absolute Gasteiger partial charge is 0.326 e. The Morgan fingerprint density at radius 3 is 2.40 bits per heavy atom. The van der Waals surface area contributed by atoms with Gasteiger partial charge < -0.3 is 10.2 Å². The molecule has 3 rings (SSSR count). The molecular weight excluding hydrogens is 387 g/mol. The molecule has 0 aromatic heterocycles. The molecule has 130 valence electrons. The molecule has 2 aromatic rings. The van der Waals surface area contributed by atoms with Gasteiger partial charge in [-0.05, 0) is 61.4 Å². The average Bonchev–Trinajstić information content (AvgIpc) is 2.95. The normalized spacial score (nSPS) is 17.0. The molecule has 6 heteroatoms. The van der Waals surface area contributed by atoms with Gasteiger partial charge in [0, 0.05) is 28.8 Å². The van der Waals surface area contributed by atoms with Crippen molar-refractivity contribution in [3.8, 4) is 0 Å². The molecule has 1 aliphatic heterocycles. The molecule has 0 saturated carbocycles. The number of halogens is 2. The fourth-order valence-electron chi connectivity index (χ4n) is 3.02. The van der Waals surface area contributed by atoms with Crippen molar-refractivity contribution in [2.75, 3.05) is 16.8 Å². The van der Waals surface area contributed by atoms with Crippen LogP contribution in [0.4, 0.5) is 15.8 Å². The van der Waals surface area contributed by atoms with E-state index in [1.54, 1.807) is 12.1 Å². The van der Waals surface area contributed by atoms with E-state index >= 15 is 0 Å². The molecule has 1 saturated heterocycles. The number of nitrogens with one attached hydrogen (secondary N) is 1. The molecule has 0 unspecified atom stereocenters. The summed E-state index contributed by atoms with van der Waals surface area (Å²) in [5.74, 6) is -1.10. The van der Waals surface area contributed by atoms with Crippen LogP contribution in [-0.4, -0.2) is 18.4 Å². The highest BCUT2D eigenvalue weighted by molar-refractivity contribution is 9.10. The number of rotatable bonds is 3. The van der Waals surface area contributed by atoms with Crippen LogP contribution in [0.5, 0.6) is 0 Å². The summed E-state index contributed by atoms with van der Waals surface area (Å²) in [6.07, 6.45) is 0.150. The van der Waals surface area contributed by atoms with Crippen molar-refractivity contribution in [1.82, 2.24) is 0 Å². The van der Waals surface area contributed by atoms with Crippen LogP contribution in [0.25, 0.3) is 0 Å². The van der Waals surface area contributed by atoms with Gasteiger partial charge in [-0.3, -0.25) is 9.59 Å². The summed E-state index contributed by atoms with van der Waals surface area (Å²) in [4.78, 5) is 26.3. The molecule has 1 heterocycles. The number of hydrogen-bond donors (Lipinski definition) is 1. The molecule has 2 aromatic carbocycles. The highest BCUT2D eigenvalue weighted by atomic mass is 79.9. The van der Waals surface area contributed by atoms with Crippen LogP contribution < -0.4 is 10.2 Å². The summed E-state index contributed by atoms with van der Waals surface area (Å²) in [5.41, 5.74) is 3.39. The van der Waals surface area contributed by atoms with Crippen molar-refractivity contribution < 1.29 is 14.0 Å². The predicted octanol–water partition coefficient (Wildman–Crippen LogP) is 4.20. The zero-order valence-corrected chi connectivity index (χ0v) is 15.6. The maximum Gasteiger partial charge on any atom is 0.229 e. The van der Waals surface area contributed by atoms with Crippen molar-refractivity contribution in [3.05, 3.63) is 57.8 Å². The molecule has 1 atom stereocenters. The molecule has 1 N–H and O–H groups in total. The van der Waals surface area contributed by atoms with E-state index < -0.39 is 5.92 Å². The quantitative estimate of drug-likeness (QED) is 0.833. The minimum Gasteiger partial charge on any atom is -0.326 e. The summed E-state index contributed by atoms with van der Waals surface area (Å²) in [5, 5.41) is 2.90. The van der Waals surface area contributed by atoms with E-state index in [1.807, 2.05) is 26.0 Å². The summed E-state index contributed by atoms with van der Waals surface area (Å²) in [7, 11) is 0. The van der Waals surface area contributed by atoms with Crippen LogP contribution in [0.2, 0.25) is 0 Å². The van der Waals surface area contributed by atoms with E-state index in [0.717, 1.165) is 21.3 Å². The van der Waals surface area contributed by atoms with Crippen molar-refractivity contribution >= 4 is 39.1 Å². The third-order valence-corrected chi connectivity index (χ3v) is 5.59. The lowest BCUT2D eigenvalue weighted by atomic mass is 10.1. The second-order valence-electron chi connectivity index (χ2n) is 6.30. The fourth-order valence-corrected chi connectivity index (χ4v) is 3.25. The molecular formula is C19H18BrFN2O2. The topological polar surface area (TPSA) is 49.4 Å². The monoisotopic (exact) mass is 404 g/mol. The van der Waals surface area contributed by atoms with E-state index in [-0.39, 0.29) is 24.1 Å². The molecule has 25 heavy (non-hydrogen) atoms. The zero-order valence-electron chi connectivity index (χ0n) is 14.0. The van der Waals surface area contributed by atoms with Gasteiger partial charge in [-0.15, -0.1) is 0 Å². The van der Waals surface area contributed by atoms with Gasteiger partial charge in [-0.1, -0.05) is 15.9 Å². The first kappa shape index (κ1) is 17.6. The van der Waals surface area contributed by atoms with Gasteiger partial charge in [0.1, 0.15) is 5.82 Å². The van der Waals surface area contributed by atoms with Crippen LogP contribution in [0.3, 0.4) is 0 Å². The third kappa shape index (κ3) is 3.74. The predicted molar refractivity (Wildman–Crippen MR) is 99.1 cm³/mol. The van der Waals surface area contributed by atoms with Gasteiger partial charge in [-0.25, -0.2) is 4.39 Å². The maximum atomic E-state index is 13.0. The Bertz CT molecular complexity index is 813. The highest BCUT2D eigenvalue weighted by Gasteiger charge is 2.35. The Morgan fingerprint density at radius 2 is 1.80 bits per heavy atom. The number of carbonyl (C=O) groups is 2. The minimum atomic E-state index is -0.429. The van der Waals surface area contributed by atoms with Crippen LogP contribution >= 0.6 is 15.9 Å². The zero-order chi connectivity index (χ0) is 18.1. The van der Waals surface area contributed by atoms with Crippen LogP contribution in [0, 0.1) is 25.6 Å². The first-order valence-electron chi connectivity index (χ1n) is 7.98. The Hall–Kier alpha value is -2.21. The lowest BCUT2D eigenvalue weighted by Gasteiger charge is -2.17. The van der Waals surface area contributed by atoms with Crippen molar-refractivity contribution in [3.63, 3.8) is 0 Å². The van der Waals surface area contributed by atoms with Crippen LogP contribution in [0.1, 0.15) is 17.5 Å². The number of aryl methyl sites for hydroxylation is 2. The number of carbonyl (C=O) groups excluding carboxylic acids is 2. The Balaban J connectivity index is 1.71.